The van der Waals surface area contributed by atoms with Gasteiger partial charge in [-0.2, -0.15) is 0 Å². The van der Waals surface area contributed by atoms with Gasteiger partial charge in [0.2, 0.25) is 11.8 Å². The van der Waals surface area contributed by atoms with Gasteiger partial charge in [-0.1, -0.05) is 55.5 Å². The van der Waals surface area contributed by atoms with Crippen LogP contribution in [-0.2, 0) is 26.2 Å². The molecule has 2 amide bonds. The lowest BCUT2D eigenvalue weighted by Gasteiger charge is -2.32. The molecule has 0 saturated heterocycles. The molecule has 214 valence electrons. The summed E-state index contributed by atoms with van der Waals surface area (Å²) in [7, 11) is -1.36. The second-order valence-electron chi connectivity index (χ2n) is 9.37. The van der Waals surface area contributed by atoms with Crippen molar-refractivity contribution < 1.29 is 27.5 Å². The van der Waals surface area contributed by atoms with Gasteiger partial charge in [0.1, 0.15) is 12.6 Å². The van der Waals surface area contributed by atoms with Gasteiger partial charge in [-0.3, -0.25) is 13.9 Å². The van der Waals surface area contributed by atoms with Gasteiger partial charge in [-0.05, 0) is 50.1 Å². The minimum Gasteiger partial charge on any atom is -0.493 e. The van der Waals surface area contributed by atoms with E-state index in [-0.39, 0.29) is 29.1 Å². The highest BCUT2D eigenvalue weighted by molar-refractivity contribution is 7.92. The van der Waals surface area contributed by atoms with E-state index in [1.165, 1.54) is 37.3 Å². The molecule has 0 saturated carbocycles. The largest absolute Gasteiger partial charge is 0.493 e. The number of amides is 2. The minimum absolute atomic E-state index is 0.0704. The van der Waals surface area contributed by atoms with Crippen molar-refractivity contribution >= 4 is 27.5 Å². The molecule has 10 heteroatoms. The van der Waals surface area contributed by atoms with E-state index in [9.17, 15) is 18.0 Å². The monoisotopic (exact) mass is 567 g/mol. The van der Waals surface area contributed by atoms with Gasteiger partial charge in [0.15, 0.2) is 11.5 Å². The van der Waals surface area contributed by atoms with Crippen LogP contribution in [0.1, 0.15) is 32.8 Å². The number of benzene rings is 3. The van der Waals surface area contributed by atoms with Gasteiger partial charge >= 0.3 is 0 Å². The molecular weight excluding hydrogens is 530 g/mol. The highest BCUT2D eigenvalue weighted by Crippen LogP contribution is 2.32. The van der Waals surface area contributed by atoms with E-state index in [0.717, 1.165) is 16.3 Å². The van der Waals surface area contributed by atoms with Crippen molar-refractivity contribution in [1.29, 1.82) is 0 Å². The SMILES string of the molecule is CC[C@@H](C)NC(=O)[C@@H](C)N(Cc1ccccc1)C(=O)CN(c1ccccc1)S(=O)(=O)c1ccc(OC)c(OC)c1. The molecule has 2 atom stereocenters. The van der Waals surface area contributed by atoms with Crippen LogP contribution in [0.4, 0.5) is 5.69 Å². The molecule has 3 aromatic rings. The second-order valence-corrected chi connectivity index (χ2v) is 11.2. The number of carbonyl (C=O) groups excluding carboxylic acids is 2. The highest BCUT2D eigenvalue weighted by Gasteiger charge is 2.33. The van der Waals surface area contributed by atoms with Crippen LogP contribution in [0, 0.1) is 0 Å². The summed E-state index contributed by atoms with van der Waals surface area (Å²) in [5.74, 6) is -0.223. The van der Waals surface area contributed by atoms with Crippen LogP contribution >= 0.6 is 0 Å². The number of rotatable bonds is 13. The van der Waals surface area contributed by atoms with Gasteiger partial charge in [0, 0.05) is 18.7 Å². The maximum Gasteiger partial charge on any atom is 0.264 e. The maximum absolute atomic E-state index is 14.0. The van der Waals surface area contributed by atoms with Crippen LogP contribution in [0.3, 0.4) is 0 Å². The number of carbonyl (C=O) groups is 2. The van der Waals surface area contributed by atoms with Gasteiger partial charge in [-0.25, -0.2) is 8.42 Å². The number of anilines is 1. The minimum atomic E-state index is -4.23. The summed E-state index contributed by atoms with van der Waals surface area (Å²) in [6.07, 6.45) is 0.733. The number of para-hydroxylation sites is 1. The van der Waals surface area contributed by atoms with E-state index in [0.29, 0.717) is 11.4 Å². The molecule has 3 rings (SSSR count). The Balaban J connectivity index is 2.02. The summed E-state index contributed by atoms with van der Waals surface area (Å²) in [5.41, 5.74) is 1.12. The molecule has 1 N–H and O–H groups in total. The summed E-state index contributed by atoms with van der Waals surface area (Å²) in [6, 6.07) is 21.0. The van der Waals surface area contributed by atoms with Crippen LogP contribution < -0.4 is 19.1 Å². The van der Waals surface area contributed by atoms with Crippen molar-refractivity contribution in [2.45, 2.75) is 50.7 Å². The third-order valence-electron chi connectivity index (χ3n) is 6.63. The molecule has 0 aliphatic heterocycles. The first kappa shape index (κ1) is 30.5. The van der Waals surface area contributed by atoms with Crippen molar-refractivity contribution in [3.05, 3.63) is 84.4 Å². The smallest absolute Gasteiger partial charge is 0.264 e. The number of hydrogen-bond acceptors (Lipinski definition) is 6. The third kappa shape index (κ3) is 7.32. The van der Waals surface area contributed by atoms with Crippen LogP contribution in [0.25, 0.3) is 0 Å². The molecule has 40 heavy (non-hydrogen) atoms. The third-order valence-corrected chi connectivity index (χ3v) is 8.40. The molecule has 0 bridgehead atoms. The maximum atomic E-state index is 14.0. The molecule has 0 radical (unpaired) electrons. The predicted octanol–water partition coefficient (Wildman–Crippen LogP) is 4.23. The fraction of sp³-hybridized carbons (Fsp3) is 0.333. The Morgan fingerprint density at radius 1 is 0.875 bits per heavy atom. The standard InChI is InChI=1S/C30H37N3O6S/c1-6-22(2)31-30(35)23(3)32(20-24-13-9-7-10-14-24)29(34)21-33(25-15-11-8-12-16-25)40(36,37)26-17-18-27(38-4)28(19-26)39-5/h7-19,22-23H,6,20-21H2,1-5H3,(H,31,35)/t22-,23-/m1/s1. The van der Waals surface area contributed by atoms with E-state index in [4.69, 9.17) is 9.47 Å². The summed E-state index contributed by atoms with van der Waals surface area (Å²) in [5, 5.41) is 2.92. The molecule has 0 unspecified atom stereocenters. The van der Waals surface area contributed by atoms with Crippen molar-refractivity contribution in [2.24, 2.45) is 0 Å². The van der Waals surface area contributed by atoms with E-state index >= 15 is 0 Å². The Morgan fingerprint density at radius 2 is 1.48 bits per heavy atom. The molecular formula is C30H37N3O6S. The van der Waals surface area contributed by atoms with Gasteiger partial charge < -0.3 is 19.7 Å². The Morgan fingerprint density at radius 3 is 2.05 bits per heavy atom. The molecule has 9 nitrogen and oxygen atoms in total. The number of ether oxygens (including phenoxy) is 2. The molecule has 0 heterocycles. The summed E-state index contributed by atoms with van der Waals surface area (Å²) in [6.45, 7) is 5.11. The van der Waals surface area contributed by atoms with Crippen LogP contribution in [-0.4, -0.2) is 58.0 Å². The summed E-state index contributed by atoms with van der Waals surface area (Å²) < 4.78 is 39.6. The molecule has 0 aliphatic rings. The first-order valence-electron chi connectivity index (χ1n) is 13.1. The summed E-state index contributed by atoms with van der Waals surface area (Å²) >= 11 is 0. The fourth-order valence-corrected chi connectivity index (χ4v) is 5.49. The van der Waals surface area contributed by atoms with E-state index in [1.807, 2.05) is 44.2 Å². The Kier molecular flexibility index (Phi) is 10.6. The Bertz CT molecular complexity index is 1380. The lowest BCUT2D eigenvalue weighted by atomic mass is 10.1. The number of sulfonamides is 1. The molecule has 0 fully saturated rings. The zero-order valence-corrected chi connectivity index (χ0v) is 24.4. The topological polar surface area (TPSA) is 105 Å². The average Bonchev–Trinajstić information content (AvgIpc) is 2.98. The van der Waals surface area contributed by atoms with Crippen LogP contribution in [0.5, 0.6) is 11.5 Å². The van der Waals surface area contributed by atoms with Crippen molar-refractivity contribution in [3.63, 3.8) is 0 Å². The highest BCUT2D eigenvalue weighted by atomic mass is 32.2. The molecule has 0 aromatic heterocycles. The van der Waals surface area contributed by atoms with Gasteiger partial charge in [0.05, 0.1) is 24.8 Å². The first-order valence-corrected chi connectivity index (χ1v) is 14.5. The molecule has 0 spiro atoms. The molecule has 0 aliphatic carbocycles. The van der Waals surface area contributed by atoms with Crippen LogP contribution in [0.15, 0.2) is 83.8 Å². The van der Waals surface area contributed by atoms with E-state index in [1.54, 1.807) is 37.3 Å². The zero-order valence-electron chi connectivity index (χ0n) is 23.5. The van der Waals surface area contributed by atoms with Crippen molar-refractivity contribution in [3.8, 4) is 11.5 Å². The summed E-state index contributed by atoms with van der Waals surface area (Å²) in [4.78, 5) is 28.4. The normalized spacial score (nSPS) is 12.6. The predicted molar refractivity (Wildman–Crippen MR) is 155 cm³/mol. The molecule has 3 aromatic carbocycles. The fourth-order valence-electron chi connectivity index (χ4n) is 4.06. The lowest BCUT2D eigenvalue weighted by molar-refractivity contribution is -0.139. The Hall–Kier alpha value is -4.05. The van der Waals surface area contributed by atoms with Crippen molar-refractivity contribution in [1.82, 2.24) is 10.2 Å². The van der Waals surface area contributed by atoms with E-state index in [2.05, 4.69) is 5.32 Å². The quantitative estimate of drug-likeness (QED) is 0.332. The number of nitrogens with one attached hydrogen (secondary N) is 1. The van der Waals surface area contributed by atoms with Gasteiger partial charge in [-0.15, -0.1) is 0 Å². The number of methoxy groups -OCH3 is 2. The number of nitrogens with zero attached hydrogens (tertiary/aromatic N) is 2. The first-order chi connectivity index (χ1) is 19.1. The van der Waals surface area contributed by atoms with E-state index < -0.39 is 28.5 Å². The second kappa shape index (κ2) is 13.8. The van der Waals surface area contributed by atoms with Crippen LogP contribution in [0.2, 0.25) is 0 Å². The lowest BCUT2D eigenvalue weighted by Crippen LogP contribution is -2.52. The zero-order chi connectivity index (χ0) is 29.3. The van der Waals surface area contributed by atoms with Crippen molar-refractivity contribution in [2.75, 3.05) is 25.1 Å². The number of hydrogen-bond donors (Lipinski definition) is 1. The average molecular weight is 568 g/mol. The Labute approximate surface area is 236 Å². The van der Waals surface area contributed by atoms with Gasteiger partial charge in [0.25, 0.3) is 10.0 Å².